The summed E-state index contributed by atoms with van der Waals surface area (Å²) in [5, 5.41) is 10.4. The first-order chi connectivity index (χ1) is 9.39. The highest BCUT2D eigenvalue weighted by molar-refractivity contribution is 5.45. The Hall–Kier alpha value is -1.61. The Morgan fingerprint density at radius 1 is 1.35 bits per heavy atom. The normalized spacial score (nSPS) is 20.8. The third-order valence-corrected chi connectivity index (χ3v) is 4.29. The number of aromatic nitrogens is 2. The fourth-order valence-corrected chi connectivity index (χ4v) is 3.39. The monoisotopic (exact) mass is 270 g/mol. The van der Waals surface area contributed by atoms with Crippen molar-refractivity contribution in [3.8, 4) is 5.69 Å². The Balaban J connectivity index is 2.22. The second kappa shape index (κ2) is 4.45. The van der Waals surface area contributed by atoms with Gasteiger partial charge in [-0.15, -0.1) is 0 Å². The molecule has 106 valence electrons. The molecule has 0 amide bonds. The van der Waals surface area contributed by atoms with Gasteiger partial charge in [0.05, 0.1) is 17.5 Å². The molecule has 1 unspecified atom stereocenters. The SMILES string of the molecule is Cc1ncccc1-n1c(C)cc2c1CC(C)(C)CC2O. The van der Waals surface area contributed by atoms with Crippen LogP contribution in [0.3, 0.4) is 0 Å². The lowest BCUT2D eigenvalue weighted by atomic mass is 9.75. The van der Waals surface area contributed by atoms with Crippen molar-refractivity contribution in [2.45, 2.75) is 46.6 Å². The quantitative estimate of drug-likeness (QED) is 0.861. The first-order valence-electron chi connectivity index (χ1n) is 7.20. The highest BCUT2D eigenvalue weighted by atomic mass is 16.3. The number of fused-ring (bicyclic) bond motifs is 1. The number of nitrogens with zero attached hydrogens (tertiary/aromatic N) is 2. The lowest BCUT2D eigenvalue weighted by Crippen LogP contribution is -2.26. The van der Waals surface area contributed by atoms with Gasteiger partial charge in [0.15, 0.2) is 0 Å². The van der Waals surface area contributed by atoms with E-state index in [9.17, 15) is 5.11 Å². The number of hydrogen-bond acceptors (Lipinski definition) is 2. The fourth-order valence-electron chi connectivity index (χ4n) is 3.39. The molecule has 0 bridgehead atoms. The van der Waals surface area contributed by atoms with Crippen molar-refractivity contribution in [1.29, 1.82) is 0 Å². The van der Waals surface area contributed by atoms with E-state index in [0.29, 0.717) is 0 Å². The van der Waals surface area contributed by atoms with Gasteiger partial charge in [0.25, 0.3) is 0 Å². The van der Waals surface area contributed by atoms with Gasteiger partial charge in [0.2, 0.25) is 0 Å². The molecule has 0 radical (unpaired) electrons. The maximum absolute atomic E-state index is 10.4. The molecule has 0 saturated carbocycles. The summed E-state index contributed by atoms with van der Waals surface area (Å²) in [6.07, 6.45) is 3.28. The van der Waals surface area contributed by atoms with E-state index in [1.54, 1.807) is 0 Å². The Morgan fingerprint density at radius 2 is 2.10 bits per heavy atom. The van der Waals surface area contributed by atoms with Crippen LogP contribution >= 0.6 is 0 Å². The van der Waals surface area contributed by atoms with E-state index < -0.39 is 0 Å². The topological polar surface area (TPSA) is 38.0 Å². The lowest BCUT2D eigenvalue weighted by molar-refractivity contribution is 0.0987. The molecule has 0 aliphatic heterocycles. The predicted octanol–water partition coefficient (Wildman–Crippen LogP) is 3.49. The maximum Gasteiger partial charge on any atom is 0.0812 e. The second-order valence-corrected chi connectivity index (χ2v) is 6.69. The van der Waals surface area contributed by atoms with Crippen LogP contribution in [-0.2, 0) is 6.42 Å². The summed E-state index contributed by atoms with van der Waals surface area (Å²) in [7, 11) is 0. The molecule has 1 aliphatic rings. The van der Waals surface area contributed by atoms with Crippen LogP contribution in [0.25, 0.3) is 5.69 Å². The zero-order valence-electron chi connectivity index (χ0n) is 12.6. The van der Waals surface area contributed by atoms with E-state index >= 15 is 0 Å². The molecule has 3 nitrogen and oxygen atoms in total. The molecular formula is C17H22N2O. The Kier molecular flexibility index (Phi) is 2.98. The van der Waals surface area contributed by atoms with Crippen LogP contribution in [0.4, 0.5) is 0 Å². The van der Waals surface area contributed by atoms with Gasteiger partial charge < -0.3 is 9.67 Å². The molecule has 3 heteroatoms. The van der Waals surface area contributed by atoms with Crippen molar-refractivity contribution >= 4 is 0 Å². The first kappa shape index (κ1) is 13.4. The number of pyridine rings is 1. The molecule has 1 aliphatic carbocycles. The third-order valence-electron chi connectivity index (χ3n) is 4.29. The Bertz CT molecular complexity index is 655. The van der Waals surface area contributed by atoms with Crippen molar-refractivity contribution in [3.63, 3.8) is 0 Å². The molecule has 2 aromatic rings. The van der Waals surface area contributed by atoms with Gasteiger partial charge >= 0.3 is 0 Å². The summed E-state index contributed by atoms with van der Waals surface area (Å²) in [4.78, 5) is 4.40. The van der Waals surface area contributed by atoms with E-state index in [0.717, 1.165) is 29.8 Å². The van der Waals surface area contributed by atoms with Gasteiger partial charge in [-0.3, -0.25) is 4.98 Å². The number of aryl methyl sites for hydroxylation is 2. The molecule has 0 fully saturated rings. The van der Waals surface area contributed by atoms with Crippen molar-refractivity contribution in [1.82, 2.24) is 9.55 Å². The zero-order chi connectivity index (χ0) is 14.5. The fraction of sp³-hybridized carbons (Fsp3) is 0.471. The Labute approximate surface area is 120 Å². The summed E-state index contributed by atoms with van der Waals surface area (Å²) in [5.41, 5.74) is 5.77. The molecule has 2 heterocycles. The molecule has 0 aromatic carbocycles. The smallest absolute Gasteiger partial charge is 0.0812 e. The predicted molar refractivity (Wildman–Crippen MR) is 80.1 cm³/mol. The average Bonchev–Trinajstić information content (AvgIpc) is 2.66. The third kappa shape index (κ3) is 2.06. The summed E-state index contributed by atoms with van der Waals surface area (Å²) in [6, 6.07) is 6.20. The number of aliphatic hydroxyl groups is 1. The number of hydrogen-bond donors (Lipinski definition) is 1. The van der Waals surface area contributed by atoms with Crippen LogP contribution < -0.4 is 0 Å². The van der Waals surface area contributed by atoms with Crippen LogP contribution in [0.2, 0.25) is 0 Å². The van der Waals surface area contributed by atoms with Gasteiger partial charge in [0.1, 0.15) is 0 Å². The summed E-state index contributed by atoms with van der Waals surface area (Å²) in [5.74, 6) is 0. The first-order valence-corrected chi connectivity index (χ1v) is 7.20. The highest BCUT2D eigenvalue weighted by Gasteiger charge is 2.34. The Morgan fingerprint density at radius 3 is 2.80 bits per heavy atom. The van der Waals surface area contributed by atoms with Gasteiger partial charge in [-0.25, -0.2) is 0 Å². The zero-order valence-corrected chi connectivity index (χ0v) is 12.6. The summed E-state index contributed by atoms with van der Waals surface area (Å²) in [6.45, 7) is 8.58. The molecule has 20 heavy (non-hydrogen) atoms. The van der Waals surface area contributed by atoms with E-state index in [-0.39, 0.29) is 11.5 Å². The van der Waals surface area contributed by atoms with Crippen molar-refractivity contribution in [3.05, 3.63) is 47.0 Å². The molecule has 0 spiro atoms. The van der Waals surface area contributed by atoms with Crippen LogP contribution in [0, 0.1) is 19.3 Å². The molecule has 0 saturated heterocycles. The molecule has 3 rings (SSSR count). The van der Waals surface area contributed by atoms with Gasteiger partial charge in [0, 0.05) is 23.1 Å². The lowest BCUT2D eigenvalue weighted by Gasteiger charge is -2.34. The van der Waals surface area contributed by atoms with Gasteiger partial charge in [-0.2, -0.15) is 0 Å². The number of aliphatic hydroxyl groups excluding tert-OH is 1. The molecular weight excluding hydrogens is 248 g/mol. The van der Waals surface area contributed by atoms with Crippen LogP contribution in [0.1, 0.15) is 49.0 Å². The summed E-state index contributed by atoms with van der Waals surface area (Å²) < 4.78 is 2.27. The standard InChI is InChI=1S/C17H22N2O/c1-11-8-13-15(9-17(3,4)10-16(13)20)19(11)14-6-5-7-18-12(14)2/h5-8,16,20H,9-10H2,1-4H3. The molecule has 1 N–H and O–H groups in total. The van der Waals surface area contributed by atoms with E-state index in [1.807, 2.05) is 19.2 Å². The minimum atomic E-state index is -0.356. The maximum atomic E-state index is 10.4. The van der Waals surface area contributed by atoms with Crippen molar-refractivity contribution in [2.24, 2.45) is 5.41 Å². The average molecular weight is 270 g/mol. The van der Waals surface area contributed by atoms with Crippen LogP contribution in [0.15, 0.2) is 24.4 Å². The van der Waals surface area contributed by atoms with Gasteiger partial charge in [-0.1, -0.05) is 13.8 Å². The highest BCUT2D eigenvalue weighted by Crippen LogP contribution is 2.42. The van der Waals surface area contributed by atoms with E-state index in [4.69, 9.17) is 0 Å². The summed E-state index contributed by atoms with van der Waals surface area (Å²) >= 11 is 0. The van der Waals surface area contributed by atoms with Crippen LogP contribution in [0.5, 0.6) is 0 Å². The minimum Gasteiger partial charge on any atom is -0.388 e. The molecule has 2 aromatic heterocycles. The van der Waals surface area contributed by atoms with Crippen molar-refractivity contribution < 1.29 is 5.11 Å². The van der Waals surface area contributed by atoms with E-state index in [1.165, 1.54) is 11.4 Å². The largest absolute Gasteiger partial charge is 0.388 e. The molecule has 1 atom stereocenters. The second-order valence-electron chi connectivity index (χ2n) is 6.69. The van der Waals surface area contributed by atoms with Gasteiger partial charge in [-0.05, 0) is 50.3 Å². The van der Waals surface area contributed by atoms with Crippen LogP contribution in [-0.4, -0.2) is 14.7 Å². The van der Waals surface area contributed by atoms with E-state index in [2.05, 4.69) is 42.5 Å². The number of rotatable bonds is 1. The van der Waals surface area contributed by atoms with Crippen molar-refractivity contribution in [2.75, 3.05) is 0 Å². The minimum absolute atomic E-state index is 0.130.